The minimum absolute atomic E-state index is 0.146. The number of ether oxygens (including phenoxy) is 2. The van der Waals surface area contributed by atoms with E-state index in [2.05, 4.69) is 27.3 Å². The number of benzene rings is 1. The highest BCUT2D eigenvalue weighted by Gasteiger charge is 2.35. The summed E-state index contributed by atoms with van der Waals surface area (Å²) in [4.78, 5) is 31.2. The molecule has 0 spiro atoms. The molecular formula is C32H41N7O4. The minimum Gasteiger partial charge on any atom is -0.508 e. The van der Waals surface area contributed by atoms with Gasteiger partial charge >= 0.3 is 6.01 Å². The number of hydrogen-bond donors (Lipinski definition) is 1. The number of rotatable bonds is 8. The third-order valence-corrected chi connectivity index (χ3v) is 9.18. The number of hydrogen-bond acceptors (Lipinski definition) is 10. The van der Waals surface area contributed by atoms with Crippen LogP contribution in [0.3, 0.4) is 0 Å². The molecule has 6 rings (SSSR count). The molecule has 11 heteroatoms. The van der Waals surface area contributed by atoms with Gasteiger partial charge in [-0.15, -0.1) is 0 Å². The van der Waals surface area contributed by atoms with Gasteiger partial charge in [0.2, 0.25) is 5.91 Å². The molecule has 4 heterocycles. The summed E-state index contributed by atoms with van der Waals surface area (Å²) in [6.45, 7) is 10.8. The SMILES string of the molecule is C=CC(=O)N1CCN(c2nc(OCCN3CCOCC3)nc3c2CCC(N2CCCc4ccc(O)cc42)C3)CC1CC#N. The van der Waals surface area contributed by atoms with Crippen molar-refractivity contribution in [2.75, 3.05) is 75.4 Å². The lowest BCUT2D eigenvalue weighted by Gasteiger charge is -2.43. The van der Waals surface area contributed by atoms with Gasteiger partial charge in [-0.05, 0) is 43.4 Å². The summed E-state index contributed by atoms with van der Waals surface area (Å²) in [5.74, 6) is 1.01. The molecule has 4 aliphatic rings. The second-order valence-corrected chi connectivity index (χ2v) is 11.8. The fourth-order valence-corrected chi connectivity index (χ4v) is 6.94. The number of aromatic nitrogens is 2. The largest absolute Gasteiger partial charge is 0.508 e. The maximum absolute atomic E-state index is 12.5. The van der Waals surface area contributed by atoms with E-state index in [0.717, 1.165) is 94.3 Å². The van der Waals surface area contributed by atoms with Crippen molar-refractivity contribution in [2.45, 2.75) is 50.6 Å². The first-order valence-electron chi connectivity index (χ1n) is 15.5. The number of nitriles is 1. The van der Waals surface area contributed by atoms with E-state index in [1.165, 1.54) is 11.6 Å². The number of anilines is 2. The highest BCUT2D eigenvalue weighted by atomic mass is 16.5. The number of piperazine rings is 1. The third-order valence-electron chi connectivity index (χ3n) is 9.18. The number of morpholine rings is 1. The fraction of sp³-hybridized carbons (Fsp3) is 0.562. The summed E-state index contributed by atoms with van der Waals surface area (Å²) in [5, 5.41) is 19.8. The Bertz CT molecular complexity index is 1370. The van der Waals surface area contributed by atoms with Gasteiger partial charge in [0, 0.05) is 75.6 Å². The molecule has 0 saturated carbocycles. The summed E-state index contributed by atoms with van der Waals surface area (Å²) < 4.78 is 11.7. The summed E-state index contributed by atoms with van der Waals surface area (Å²) >= 11 is 0. The van der Waals surface area contributed by atoms with Crippen LogP contribution >= 0.6 is 0 Å². The van der Waals surface area contributed by atoms with Crippen LogP contribution in [-0.4, -0.2) is 108 Å². The Morgan fingerprint density at radius 1 is 1.19 bits per heavy atom. The minimum atomic E-state index is -0.241. The zero-order valence-electron chi connectivity index (χ0n) is 24.8. The van der Waals surface area contributed by atoms with E-state index in [4.69, 9.17) is 19.4 Å². The Kier molecular flexibility index (Phi) is 8.95. The molecule has 2 aromatic rings. The molecular weight excluding hydrogens is 546 g/mol. The molecule has 228 valence electrons. The topological polar surface area (TPSA) is 118 Å². The van der Waals surface area contributed by atoms with Crippen LogP contribution in [0.25, 0.3) is 0 Å². The maximum Gasteiger partial charge on any atom is 0.318 e. The Labute approximate surface area is 253 Å². The first-order valence-corrected chi connectivity index (χ1v) is 15.5. The molecule has 1 amide bonds. The van der Waals surface area contributed by atoms with Crippen molar-refractivity contribution in [3.8, 4) is 17.8 Å². The zero-order valence-corrected chi connectivity index (χ0v) is 24.8. The molecule has 2 fully saturated rings. The molecule has 0 radical (unpaired) electrons. The van der Waals surface area contributed by atoms with Gasteiger partial charge in [-0.3, -0.25) is 9.69 Å². The highest BCUT2D eigenvalue weighted by Crippen LogP contribution is 2.38. The van der Waals surface area contributed by atoms with Crippen molar-refractivity contribution in [3.05, 3.63) is 47.7 Å². The van der Waals surface area contributed by atoms with Gasteiger partial charge in [-0.1, -0.05) is 12.6 Å². The van der Waals surface area contributed by atoms with Crippen LogP contribution in [0.5, 0.6) is 11.8 Å². The maximum atomic E-state index is 12.5. The quantitative estimate of drug-likeness (QED) is 0.461. The number of phenolic OH excluding ortho intramolecular Hbond substituents is 1. The van der Waals surface area contributed by atoms with E-state index in [1.54, 1.807) is 11.0 Å². The van der Waals surface area contributed by atoms with E-state index in [-0.39, 0.29) is 24.4 Å². The van der Waals surface area contributed by atoms with Crippen molar-refractivity contribution < 1.29 is 19.4 Å². The normalized spacial score (nSPS) is 22.3. The van der Waals surface area contributed by atoms with E-state index >= 15 is 0 Å². The predicted octanol–water partition coefficient (Wildman–Crippen LogP) is 2.32. The molecule has 2 saturated heterocycles. The smallest absolute Gasteiger partial charge is 0.318 e. The lowest BCUT2D eigenvalue weighted by Crippen LogP contribution is -2.55. The second kappa shape index (κ2) is 13.2. The first-order chi connectivity index (χ1) is 21.0. The monoisotopic (exact) mass is 587 g/mol. The molecule has 1 aromatic heterocycles. The number of aryl methyl sites for hydroxylation is 1. The van der Waals surface area contributed by atoms with Gasteiger partial charge in [0.15, 0.2) is 0 Å². The Hall–Kier alpha value is -3.88. The number of phenols is 1. The number of aromatic hydroxyl groups is 1. The molecule has 43 heavy (non-hydrogen) atoms. The van der Waals surface area contributed by atoms with Crippen LogP contribution in [0.2, 0.25) is 0 Å². The summed E-state index contributed by atoms with van der Waals surface area (Å²) in [6, 6.07) is 8.37. The lowest BCUT2D eigenvalue weighted by atomic mass is 9.88. The number of nitrogens with zero attached hydrogens (tertiary/aromatic N) is 7. The molecule has 11 nitrogen and oxygen atoms in total. The van der Waals surface area contributed by atoms with Gasteiger partial charge in [-0.2, -0.15) is 15.2 Å². The van der Waals surface area contributed by atoms with Gasteiger partial charge in [-0.25, -0.2) is 0 Å². The molecule has 1 aliphatic carbocycles. The van der Waals surface area contributed by atoms with E-state index < -0.39 is 0 Å². The van der Waals surface area contributed by atoms with E-state index in [1.807, 2.05) is 12.1 Å². The number of amides is 1. The van der Waals surface area contributed by atoms with Crippen LogP contribution in [-0.2, 0) is 28.8 Å². The van der Waals surface area contributed by atoms with Gasteiger partial charge in [0.05, 0.1) is 37.4 Å². The van der Waals surface area contributed by atoms with Crippen molar-refractivity contribution in [3.63, 3.8) is 0 Å². The molecule has 1 aromatic carbocycles. The zero-order chi connectivity index (χ0) is 29.8. The van der Waals surface area contributed by atoms with Crippen LogP contribution in [0.4, 0.5) is 11.5 Å². The third kappa shape index (κ3) is 6.40. The van der Waals surface area contributed by atoms with Crippen molar-refractivity contribution in [1.82, 2.24) is 19.8 Å². The van der Waals surface area contributed by atoms with Crippen molar-refractivity contribution in [2.24, 2.45) is 0 Å². The van der Waals surface area contributed by atoms with E-state index in [0.29, 0.717) is 38.0 Å². The molecule has 2 atom stereocenters. The van der Waals surface area contributed by atoms with Gasteiger partial charge < -0.3 is 29.3 Å². The van der Waals surface area contributed by atoms with E-state index in [9.17, 15) is 15.2 Å². The molecule has 2 unspecified atom stereocenters. The number of fused-ring (bicyclic) bond motifs is 2. The second-order valence-electron chi connectivity index (χ2n) is 11.8. The predicted molar refractivity (Wildman–Crippen MR) is 163 cm³/mol. The van der Waals surface area contributed by atoms with Crippen LogP contribution in [0.1, 0.15) is 36.1 Å². The highest BCUT2D eigenvalue weighted by molar-refractivity contribution is 5.87. The molecule has 0 bridgehead atoms. The summed E-state index contributed by atoms with van der Waals surface area (Å²) in [6.07, 6.45) is 6.21. The average Bonchev–Trinajstić information content (AvgIpc) is 3.04. The fourth-order valence-electron chi connectivity index (χ4n) is 6.94. The molecule has 1 N–H and O–H groups in total. The number of carbonyl (C=O) groups excluding carboxylic acids is 1. The van der Waals surface area contributed by atoms with Gasteiger partial charge in [0.25, 0.3) is 0 Å². The van der Waals surface area contributed by atoms with Gasteiger partial charge in [0.1, 0.15) is 18.2 Å². The lowest BCUT2D eigenvalue weighted by molar-refractivity contribution is -0.128. The van der Waals surface area contributed by atoms with Crippen LogP contribution in [0, 0.1) is 11.3 Å². The summed E-state index contributed by atoms with van der Waals surface area (Å²) in [5.41, 5.74) is 4.53. The molecule has 3 aliphatic heterocycles. The standard InChI is InChI=1S/C32H41N7O4/c1-2-30(41)39-13-12-37(22-25(39)9-10-33)31-27-8-6-24(38-11-3-4-23-5-7-26(40)21-29(23)38)20-28(27)34-32(35-31)43-19-16-36-14-17-42-18-15-36/h2,5,7,21,24-25,40H,1,3-4,6,8-9,11-20,22H2. The van der Waals surface area contributed by atoms with Crippen LogP contribution in [0.15, 0.2) is 30.9 Å². The van der Waals surface area contributed by atoms with Crippen molar-refractivity contribution in [1.29, 1.82) is 5.26 Å². The summed E-state index contributed by atoms with van der Waals surface area (Å²) in [7, 11) is 0. The first kappa shape index (κ1) is 29.2. The average molecular weight is 588 g/mol. The Morgan fingerprint density at radius 2 is 2.05 bits per heavy atom. The Morgan fingerprint density at radius 3 is 2.86 bits per heavy atom. The van der Waals surface area contributed by atoms with Crippen molar-refractivity contribution >= 4 is 17.4 Å². The van der Waals surface area contributed by atoms with Crippen LogP contribution < -0.4 is 14.5 Å². The number of carbonyl (C=O) groups is 1. The Balaban J connectivity index is 1.27.